The van der Waals surface area contributed by atoms with E-state index in [1.54, 1.807) is 7.11 Å². The zero-order valence-corrected chi connectivity index (χ0v) is 18.4. The van der Waals surface area contributed by atoms with E-state index >= 15 is 0 Å². The molecule has 0 spiro atoms. The van der Waals surface area contributed by atoms with E-state index in [-0.39, 0.29) is 12.7 Å². The number of hydrogen-bond acceptors (Lipinski definition) is 5. The van der Waals surface area contributed by atoms with Crippen molar-refractivity contribution in [3.8, 4) is 28.5 Å². The Morgan fingerprint density at radius 2 is 1.82 bits per heavy atom. The van der Waals surface area contributed by atoms with Crippen molar-refractivity contribution in [1.82, 2.24) is 15.3 Å². The van der Waals surface area contributed by atoms with Gasteiger partial charge in [-0.15, -0.1) is 0 Å². The number of nitrogens with zero attached hydrogens (tertiary/aromatic N) is 1. The molecule has 1 aliphatic heterocycles. The largest absolute Gasteiger partial charge is 0.497 e. The van der Waals surface area contributed by atoms with Crippen molar-refractivity contribution in [2.24, 2.45) is 0 Å². The maximum absolute atomic E-state index is 13.2. The van der Waals surface area contributed by atoms with Crippen LogP contribution in [0, 0.1) is 0 Å². The topological polar surface area (TPSA) is 85.5 Å². The summed E-state index contributed by atoms with van der Waals surface area (Å²) in [7, 11) is 1.63. The Labute approximate surface area is 195 Å². The Bertz CT molecular complexity index is 1540. The molecule has 7 nitrogen and oxygen atoms in total. The molecule has 0 fully saturated rings. The molecular formula is C27H21N3O4. The number of methoxy groups -OCH3 is 1. The molecule has 3 aromatic carbocycles. The van der Waals surface area contributed by atoms with Crippen LogP contribution in [-0.4, -0.2) is 29.8 Å². The van der Waals surface area contributed by atoms with Crippen molar-refractivity contribution >= 4 is 27.7 Å². The van der Waals surface area contributed by atoms with E-state index < -0.39 is 0 Å². The van der Waals surface area contributed by atoms with Crippen LogP contribution in [0.15, 0.2) is 72.8 Å². The third kappa shape index (κ3) is 3.47. The van der Waals surface area contributed by atoms with Gasteiger partial charge in [0.05, 0.1) is 18.3 Å². The van der Waals surface area contributed by atoms with E-state index in [1.807, 2.05) is 72.8 Å². The van der Waals surface area contributed by atoms with Crippen LogP contribution in [0.2, 0.25) is 0 Å². The van der Waals surface area contributed by atoms with Gasteiger partial charge >= 0.3 is 0 Å². The van der Waals surface area contributed by atoms with E-state index in [1.165, 1.54) is 0 Å². The van der Waals surface area contributed by atoms with Gasteiger partial charge in [-0.25, -0.2) is 4.98 Å². The number of pyridine rings is 1. The highest BCUT2D eigenvalue weighted by Crippen LogP contribution is 2.34. The summed E-state index contributed by atoms with van der Waals surface area (Å²) < 4.78 is 16.1. The fourth-order valence-corrected chi connectivity index (χ4v) is 4.24. The van der Waals surface area contributed by atoms with Gasteiger partial charge in [0.25, 0.3) is 5.91 Å². The number of hydrogen-bond donors (Lipinski definition) is 2. The lowest BCUT2D eigenvalue weighted by Gasteiger charge is -2.10. The average molecular weight is 451 g/mol. The van der Waals surface area contributed by atoms with Crippen molar-refractivity contribution < 1.29 is 19.0 Å². The van der Waals surface area contributed by atoms with Crippen molar-refractivity contribution in [3.05, 3.63) is 84.1 Å². The number of fused-ring (bicyclic) bond motifs is 4. The fraction of sp³-hybridized carbons (Fsp3) is 0.111. The summed E-state index contributed by atoms with van der Waals surface area (Å²) in [6, 6.07) is 23.2. The minimum absolute atomic E-state index is 0.216. The predicted molar refractivity (Wildman–Crippen MR) is 129 cm³/mol. The van der Waals surface area contributed by atoms with E-state index in [9.17, 15) is 4.79 Å². The summed E-state index contributed by atoms with van der Waals surface area (Å²) in [6.07, 6.45) is 0. The lowest BCUT2D eigenvalue weighted by molar-refractivity contribution is 0.0946. The fourth-order valence-electron chi connectivity index (χ4n) is 4.24. The molecule has 2 N–H and O–H groups in total. The van der Waals surface area contributed by atoms with Crippen LogP contribution in [0.25, 0.3) is 33.1 Å². The average Bonchev–Trinajstić information content (AvgIpc) is 3.51. The summed E-state index contributed by atoms with van der Waals surface area (Å²) in [6.45, 7) is 0.564. The van der Waals surface area contributed by atoms with Crippen molar-refractivity contribution in [1.29, 1.82) is 0 Å². The molecule has 0 aliphatic carbocycles. The van der Waals surface area contributed by atoms with Crippen LogP contribution in [0.1, 0.15) is 16.1 Å². The Morgan fingerprint density at radius 3 is 2.68 bits per heavy atom. The molecule has 0 unspecified atom stereocenters. The normalized spacial score (nSPS) is 12.3. The number of carbonyl (C=O) groups excluding carboxylic acids is 1. The van der Waals surface area contributed by atoms with Crippen LogP contribution < -0.4 is 19.5 Å². The Kier molecular flexibility index (Phi) is 4.80. The number of H-pyrrole nitrogens is 1. The van der Waals surface area contributed by atoms with Gasteiger partial charge in [0.15, 0.2) is 11.5 Å². The van der Waals surface area contributed by atoms with Crippen molar-refractivity contribution in [2.45, 2.75) is 6.54 Å². The molecule has 3 heterocycles. The van der Waals surface area contributed by atoms with Gasteiger partial charge in [-0.2, -0.15) is 0 Å². The number of amides is 1. The first-order valence-electron chi connectivity index (χ1n) is 10.9. The second-order valence-corrected chi connectivity index (χ2v) is 8.05. The van der Waals surface area contributed by atoms with Gasteiger partial charge in [0.2, 0.25) is 6.79 Å². The third-order valence-electron chi connectivity index (χ3n) is 5.98. The molecule has 1 aliphatic rings. The number of rotatable bonds is 5. The first-order chi connectivity index (χ1) is 16.7. The summed E-state index contributed by atoms with van der Waals surface area (Å²) >= 11 is 0. The Hall–Kier alpha value is -4.52. The quantitative estimate of drug-likeness (QED) is 0.391. The standard InChI is InChI=1S/C27H21N3O4/c1-32-18-9-7-17(8-10-18)25-26-20(19-4-2-3-5-21(19)29-26)13-22(30-25)27(31)28-14-16-6-11-23-24(12-16)34-15-33-23/h2-13,29H,14-15H2,1H3,(H,28,31). The maximum atomic E-state index is 13.2. The third-order valence-corrected chi connectivity index (χ3v) is 5.98. The van der Waals surface area contributed by atoms with Crippen LogP contribution in [-0.2, 0) is 6.54 Å². The zero-order chi connectivity index (χ0) is 23.1. The second kappa shape index (κ2) is 8.12. The number of aromatic nitrogens is 2. The van der Waals surface area contributed by atoms with E-state index in [4.69, 9.17) is 19.2 Å². The molecule has 2 aromatic heterocycles. The number of aromatic amines is 1. The molecule has 0 saturated heterocycles. The number of para-hydroxylation sites is 1. The molecular weight excluding hydrogens is 430 g/mol. The summed E-state index contributed by atoms with van der Waals surface area (Å²) in [4.78, 5) is 21.4. The zero-order valence-electron chi connectivity index (χ0n) is 18.4. The minimum Gasteiger partial charge on any atom is -0.497 e. The van der Waals surface area contributed by atoms with Gasteiger partial charge in [-0.1, -0.05) is 24.3 Å². The summed E-state index contributed by atoms with van der Waals surface area (Å²) in [5.41, 5.74) is 4.75. The number of benzene rings is 3. The predicted octanol–water partition coefficient (Wildman–Crippen LogP) is 5.05. The lowest BCUT2D eigenvalue weighted by atomic mass is 10.1. The summed E-state index contributed by atoms with van der Waals surface area (Å²) in [5, 5.41) is 4.97. The highest BCUT2D eigenvalue weighted by atomic mass is 16.7. The Morgan fingerprint density at radius 1 is 1.00 bits per heavy atom. The van der Waals surface area contributed by atoms with Gasteiger partial charge in [-0.05, 0) is 54.1 Å². The van der Waals surface area contributed by atoms with Crippen molar-refractivity contribution in [2.75, 3.05) is 13.9 Å². The van der Waals surface area contributed by atoms with E-state index in [0.29, 0.717) is 29.4 Å². The van der Waals surface area contributed by atoms with E-state index in [0.717, 1.165) is 38.7 Å². The summed E-state index contributed by atoms with van der Waals surface area (Å²) in [5.74, 6) is 1.91. The second-order valence-electron chi connectivity index (χ2n) is 8.05. The molecule has 5 aromatic rings. The SMILES string of the molecule is COc1ccc(-c2nc(C(=O)NCc3ccc4c(c3)OCO4)cc3c2[nH]c2ccccc23)cc1. The van der Waals surface area contributed by atoms with Gasteiger partial charge in [0, 0.05) is 28.4 Å². The Balaban J connectivity index is 1.38. The molecule has 7 heteroatoms. The number of ether oxygens (including phenoxy) is 3. The molecule has 0 bridgehead atoms. The molecule has 1 amide bonds. The molecule has 0 saturated carbocycles. The molecule has 6 rings (SSSR count). The molecule has 0 radical (unpaired) electrons. The first kappa shape index (κ1) is 20.1. The van der Waals surface area contributed by atoms with Crippen LogP contribution >= 0.6 is 0 Å². The highest BCUT2D eigenvalue weighted by molar-refractivity contribution is 6.13. The van der Waals surface area contributed by atoms with Gasteiger partial charge in [-0.3, -0.25) is 4.79 Å². The van der Waals surface area contributed by atoms with Crippen LogP contribution in [0.3, 0.4) is 0 Å². The van der Waals surface area contributed by atoms with Gasteiger partial charge in [0.1, 0.15) is 11.4 Å². The smallest absolute Gasteiger partial charge is 0.270 e. The lowest BCUT2D eigenvalue weighted by Crippen LogP contribution is -2.24. The van der Waals surface area contributed by atoms with Gasteiger partial charge < -0.3 is 24.5 Å². The van der Waals surface area contributed by atoms with Crippen LogP contribution in [0.5, 0.6) is 17.2 Å². The first-order valence-corrected chi connectivity index (χ1v) is 10.9. The molecule has 0 atom stereocenters. The highest BCUT2D eigenvalue weighted by Gasteiger charge is 2.18. The monoisotopic (exact) mass is 451 g/mol. The number of carbonyl (C=O) groups is 1. The minimum atomic E-state index is -0.250. The number of nitrogens with one attached hydrogen (secondary N) is 2. The van der Waals surface area contributed by atoms with E-state index in [2.05, 4.69) is 10.3 Å². The molecule has 168 valence electrons. The molecule has 34 heavy (non-hydrogen) atoms. The maximum Gasteiger partial charge on any atom is 0.270 e. The van der Waals surface area contributed by atoms with Crippen molar-refractivity contribution in [3.63, 3.8) is 0 Å². The van der Waals surface area contributed by atoms with Crippen LogP contribution in [0.4, 0.5) is 0 Å².